The molecule has 0 saturated carbocycles. The Morgan fingerprint density at radius 1 is 1.13 bits per heavy atom. The van der Waals surface area contributed by atoms with Crippen molar-refractivity contribution >= 4 is 46.2 Å². The Labute approximate surface area is 145 Å². The molecule has 2 heterocycles. The normalized spacial score (nSPS) is 15.7. The Balaban J connectivity index is 1.86. The van der Waals surface area contributed by atoms with Crippen molar-refractivity contribution in [2.45, 2.75) is 0 Å². The first-order valence-electron chi connectivity index (χ1n) is 7.31. The lowest BCUT2D eigenvalue weighted by atomic mass is 10.3. The van der Waals surface area contributed by atoms with E-state index in [-0.39, 0.29) is 0 Å². The number of hydrogen-bond acceptors (Lipinski definition) is 6. The number of piperazine rings is 1. The molecule has 2 aromatic rings. The molecule has 0 spiro atoms. The maximum absolute atomic E-state index is 6.27. The maximum Gasteiger partial charge on any atom is 0.159 e. The summed E-state index contributed by atoms with van der Waals surface area (Å²) < 4.78 is 0. The topological polar surface area (TPSA) is 70.3 Å². The Bertz CT molecular complexity index is 700. The molecule has 122 valence electrons. The molecule has 0 unspecified atom stereocenters. The van der Waals surface area contributed by atoms with Crippen molar-refractivity contribution in [2.24, 2.45) is 0 Å². The van der Waals surface area contributed by atoms with Gasteiger partial charge in [0.2, 0.25) is 0 Å². The molecule has 3 rings (SSSR count). The second-order valence-electron chi connectivity index (χ2n) is 5.48. The number of rotatable bonds is 3. The summed E-state index contributed by atoms with van der Waals surface area (Å²) in [4.78, 5) is 13.0. The number of benzene rings is 1. The van der Waals surface area contributed by atoms with Gasteiger partial charge < -0.3 is 20.9 Å². The first-order chi connectivity index (χ1) is 11.1. The summed E-state index contributed by atoms with van der Waals surface area (Å²) in [6, 6.07) is 5.37. The van der Waals surface area contributed by atoms with Crippen molar-refractivity contribution in [2.75, 3.05) is 49.2 Å². The highest BCUT2D eigenvalue weighted by molar-refractivity contribution is 6.43. The number of hydrogen-bond donors (Lipinski definition) is 2. The largest absolute Gasteiger partial charge is 0.393 e. The van der Waals surface area contributed by atoms with Crippen molar-refractivity contribution in [1.82, 2.24) is 14.9 Å². The van der Waals surface area contributed by atoms with E-state index in [4.69, 9.17) is 28.9 Å². The zero-order valence-corrected chi connectivity index (χ0v) is 14.3. The average Bonchev–Trinajstić information content (AvgIpc) is 2.55. The van der Waals surface area contributed by atoms with Gasteiger partial charge >= 0.3 is 0 Å². The molecule has 1 fully saturated rings. The fourth-order valence-electron chi connectivity index (χ4n) is 2.48. The van der Waals surface area contributed by atoms with E-state index in [1.54, 1.807) is 6.07 Å². The van der Waals surface area contributed by atoms with Crippen LogP contribution in [0.4, 0.5) is 23.0 Å². The monoisotopic (exact) mass is 352 g/mol. The minimum atomic E-state index is 0.438. The number of halogens is 2. The van der Waals surface area contributed by atoms with E-state index in [1.165, 1.54) is 6.33 Å². The Hall–Kier alpha value is -1.76. The zero-order valence-electron chi connectivity index (χ0n) is 12.8. The van der Waals surface area contributed by atoms with E-state index in [1.807, 2.05) is 12.1 Å². The molecule has 8 heteroatoms. The smallest absolute Gasteiger partial charge is 0.159 e. The molecular formula is C15H18Cl2N6. The number of likely N-dealkylation sites (N-methyl/N-ethyl adjacent to an activating group) is 1. The van der Waals surface area contributed by atoms with Gasteiger partial charge in [-0.3, -0.25) is 0 Å². The average molecular weight is 353 g/mol. The predicted molar refractivity (Wildman–Crippen MR) is 95.9 cm³/mol. The Morgan fingerprint density at radius 2 is 1.87 bits per heavy atom. The quantitative estimate of drug-likeness (QED) is 0.884. The molecule has 1 aliphatic rings. The van der Waals surface area contributed by atoms with Gasteiger partial charge in [0.1, 0.15) is 12.0 Å². The van der Waals surface area contributed by atoms with Crippen molar-refractivity contribution < 1.29 is 0 Å². The Morgan fingerprint density at radius 3 is 2.61 bits per heavy atom. The fourth-order valence-corrected chi connectivity index (χ4v) is 2.83. The highest BCUT2D eigenvalue weighted by atomic mass is 35.5. The SMILES string of the molecule is CN1CCN(c2ncnc(Nc3cccc(Cl)c3Cl)c2N)CC1. The van der Waals surface area contributed by atoms with Crippen molar-refractivity contribution in [3.8, 4) is 0 Å². The second kappa shape index (κ2) is 6.78. The van der Waals surface area contributed by atoms with E-state index < -0.39 is 0 Å². The summed E-state index contributed by atoms with van der Waals surface area (Å²) in [6.45, 7) is 3.73. The summed E-state index contributed by atoms with van der Waals surface area (Å²) in [6.07, 6.45) is 1.50. The van der Waals surface area contributed by atoms with E-state index in [9.17, 15) is 0 Å². The van der Waals surface area contributed by atoms with Crippen molar-refractivity contribution in [3.05, 3.63) is 34.6 Å². The van der Waals surface area contributed by atoms with Crippen LogP contribution in [0.5, 0.6) is 0 Å². The molecule has 1 saturated heterocycles. The summed E-state index contributed by atoms with van der Waals surface area (Å²) in [5.74, 6) is 1.27. The second-order valence-corrected chi connectivity index (χ2v) is 6.26. The molecule has 0 aliphatic carbocycles. The molecule has 3 N–H and O–H groups in total. The van der Waals surface area contributed by atoms with E-state index in [0.29, 0.717) is 27.2 Å². The minimum Gasteiger partial charge on any atom is -0.393 e. The first kappa shape index (κ1) is 16.1. The summed E-state index contributed by atoms with van der Waals surface area (Å²) in [7, 11) is 2.11. The van der Waals surface area contributed by atoms with E-state index in [2.05, 4.69) is 32.1 Å². The lowest BCUT2D eigenvalue weighted by Gasteiger charge is -2.33. The standard InChI is InChI=1S/C15H18Cl2N6/c1-22-5-7-23(8-6-22)15-13(18)14(19-9-20-15)21-11-4-2-3-10(16)12(11)17/h2-4,9H,5-8,18H2,1H3,(H,19,20,21). The number of nitrogens with zero attached hydrogens (tertiary/aromatic N) is 4. The lowest BCUT2D eigenvalue weighted by molar-refractivity contribution is 0.312. The van der Waals surface area contributed by atoms with Crippen LogP contribution in [0, 0.1) is 0 Å². The highest BCUT2D eigenvalue weighted by Crippen LogP contribution is 2.34. The van der Waals surface area contributed by atoms with Crippen LogP contribution in [-0.4, -0.2) is 48.1 Å². The minimum absolute atomic E-state index is 0.438. The molecule has 6 nitrogen and oxygen atoms in total. The molecular weight excluding hydrogens is 335 g/mol. The molecule has 23 heavy (non-hydrogen) atoms. The summed E-state index contributed by atoms with van der Waals surface area (Å²) in [5, 5.41) is 4.05. The van der Waals surface area contributed by atoms with E-state index >= 15 is 0 Å². The van der Waals surface area contributed by atoms with Crippen molar-refractivity contribution in [1.29, 1.82) is 0 Å². The number of nitrogens with one attached hydrogen (secondary N) is 1. The van der Waals surface area contributed by atoms with Crippen LogP contribution in [0.3, 0.4) is 0 Å². The van der Waals surface area contributed by atoms with Crippen LogP contribution >= 0.6 is 23.2 Å². The molecule has 1 aromatic carbocycles. The Kier molecular flexibility index (Phi) is 4.75. The van der Waals surface area contributed by atoms with Gasteiger partial charge in [-0.05, 0) is 19.2 Å². The van der Waals surface area contributed by atoms with Crippen LogP contribution in [0.2, 0.25) is 10.0 Å². The van der Waals surface area contributed by atoms with Gasteiger partial charge in [-0.2, -0.15) is 0 Å². The molecule has 0 radical (unpaired) electrons. The third-order valence-corrected chi connectivity index (χ3v) is 4.69. The van der Waals surface area contributed by atoms with Gasteiger partial charge in [0, 0.05) is 26.2 Å². The van der Waals surface area contributed by atoms with Gasteiger partial charge in [0.25, 0.3) is 0 Å². The number of aromatic nitrogens is 2. The first-order valence-corrected chi connectivity index (χ1v) is 8.07. The van der Waals surface area contributed by atoms with Gasteiger partial charge in [0.05, 0.1) is 15.7 Å². The fraction of sp³-hybridized carbons (Fsp3) is 0.333. The molecule has 1 aromatic heterocycles. The van der Waals surface area contributed by atoms with Crippen LogP contribution < -0.4 is 16.0 Å². The summed E-state index contributed by atoms with van der Waals surface area (Å²) in [5.41, 5.74) is 7.43. The van der Waals surface area contributed by atoms with Crippen LogP contribution in [0.25, 0.3) is 0 Å². The summed E-state index contributed by atoms with van der Waals surface area (Å²) >= 11 is 12.2. The van der Waals surface area contributed by atoms with E-state index in [0.717, 1.165) is 32.0 Å². The lowest BCUT2D eigenvalue weighted by Crippen LogP contribution is -2.45. The third kappa shape index (κ3) is 3.44. The number of nitrogens with two attached hydrogens (primary N) is 1. The van der Waals surface area contributed by atoms with Gasteiger partial charge in [-0.15, -0.1) is 0 Å². The number of nitrogen functional groups attached to an aromatic ring is 1. The highest BCUT2D eigenvalue weighted by Gasteiger charge is 2.19. The van der Waals surface area contributed by atoms with Gasteiger partial charge in [0.15, 0.2) is 11.6 Å². The maximum atomic E-state index is 6.27. The van der Waals surface area contributed by atoms with Crippen LogP contribution in [-0.2, 0) is 0 Å². The van der Waals surface area contributed by atoms with Gasteiger partial charge in [-0.25, -0.2) is 9.97 Å². The molecule has 0 amide bonds. The predicted octanol–water partition coefficient (Wildman–Crippen LogP) is 2.86. The van der Waals surface area contributed by atoms with Crippen molar-refractivity contribution in [3.63, 3.8) is 0 Å². The number of anilines is 4. The van der Waals surface area contributed by atoms with Crippen LogP contribution in [0.1, 0.15) is 0 Å². The zero-order chi connectivity index (χ0) is 16.4. The third-order valence-electron chi connectivity index (χ3n) is 3.87. The van der Waals surface area contributed by atoms with Gasteiger partial charge in [-0.1, -0.05) is 29.3 Å². The molecule has 0 atom stereocenters. The van der Waals surface area contributed by atoms with Crippen LogP contribution in [0.15, 0.2) is 24.5 Å². The molecule has 0 bridgehead atoms. The molecule has 1 aliphatic heterocycles.